The van der Waals surface area contributed by atoms with Crippen molar-refractivity contribution in [1.29, 1.82) is 0 Å². The number of carbonyl (C=O) groups is 2. The highest BCUT2D eigenvalue weighted by molar-refractivity contribution is 5.89. The van der Waals surface area contributed by atoms with E-state index in [4.69, 9.17) is 4.74 Å². The molecule has 0 aliphatic heterocycles. The van der Waals surface area contributed by atoms with Crippen molar-refractivity contribution in [2.75, 3.05) is 13.1 Å². The van der Waals surface area contributed by atoms with Crippen LogP contribution in [-0.2, 0) is 11.3 Å². The molecule has 0 aliphatic carbocycles. The van der Waals surface area contributed by atoms with Gasteiger partial charge in [-0.15, -0.1) is 0 Å². The van der Waals surface area contributed by atoms with Crippen molar-refractivity contribution in [2.24, 2.45) is 0 Å². The molecule has 0 atom stereocenters. The van der Waals surface area contributed by atoms with Crippen LogP contribution in [0.15, 0.2) is 53.6 Å². The highest BCUT2D eigenvalue weighted by atomic mass is 16.6. The summed E-state index contributed by atoms with van der Waals surface area (Å²) in [6.07, 6.45) is 3.14. The number of hydrogen-bond acceptors (Lipinski definition) is 6. The van der Waals surface area contributed by atoms with Crippen molar-refractivity contribution < 1.29 is 19.4 Å². The van der Waals surface area contributed by atoms with Crippen molar-refractivity contribution in [2.45, 2.75) is 13.0 Å². The van der Waals surface area contributed by atoms with Gasteiger partial charge in [-0.3, -0.25) is 9.59 Å². The Bertz CT molecular complexity index is 1070. The molecular weight excluding hydrogens is 376 g/mol. The molecule has 0 unspecified atom stereocenters. The number of benzene rings is 1. The molecule has 9 heteroatoms. The Morgan fingerprint density at radius 3 is 2.72 bits per heavy atom. The lowest BCUT2D eigenvalue weighted by molar-refractivity contribution is -0.109. The summed E-state index contributed by atoms with van der Waals surface area (Å²) >= 11 is 0. The van der Waals surface area contributed by atoms with Crippen molar-refractivity contribution in [3.05, 3.63) is 64.7 Å². The third-order valence-electron chi connectivity index (χ3n) is 4.21. The summed E-state index contributed by atoms with van der Waals surface area (Å²) in [5.41, 5.74) is 0.652. The Labute approximate surface area is 166 Å². The summed E-state index contributed by atoms with van der Waals surface area (Å²) in [5.74, 6) is -0.676. The molecule has 0 spiro atoms. The standard InChI is InChI=1S/C20H20N4O5/c25-13-21-8-4-9-22-20(28)29-18-17(26)15-7-10-24(19(27)16(15)11-23-18)12-14-5-2-1-3-6-14/h1-3,5-7,10-11,13,26H,4,8-9,12H2,(H,21,25)(H,22,28). The van der Waals surface area contributed by atoms with Crippen LogP contribution in [-0.4, -0.2) is 40.3 Å². The van der Waals surface area contributed by atoms with Crippen molar-refractivity contribution in [1.82, 2.24) is 20.2 Å². The molecule has 2 aromatic heterocycles. The van der Waals surface area contributed by atoms with Gasteiger partial charge in [-0.1, -0.05) is 30.3 Å². The lowest BCUT2D eigenvalue weighted by atomic mass is 10.2. The molecular formula is C20H20N4O5. The molecule has 0 aliphatic rings. The quantitative estimate of drug-likeness (QED) is 0.390. The molecule has 150 valence electrons. The maximum atomic E-state index is 12.7. The molecule has 0 saturated carbocycles. The Hall–Kier alpha value is -3.88. The Morgan fingerprint density at radius 1 is 1.17 bits per heavy atom. The number of rotatable bonds is 8. The largest absolute Gasteiger partial charge is 0.503 e. The monoisotopic (exact) mass is 396 g/mol. The van der Waals surface area contributed by atoms with Crippen LogP contribution in [0.5, 0.6) is 11.6 Å². The van der Waals surface area contributed by atoms with Crippen LogP contribution in [0, 0.1) is 0 Å². The van der Waals surface area contributed by atoms with E-state index in [0.29, 0.717) is 25.9 Å². The van der Waals surface area contributed by atoms with Crippen molar-refractivity contribution in [3.63, 3.8) is 0 Å². The summed E-state index contributed by atoms with van der Waals surface area (Å²) < 4.78 is 6.53. The third-order valence-corrected chi connectivity index (χ3v) is 4.21. The molecule has 9 nitrogen and oxygen atoms in total. The molecule has 2 amide bonds. The molecule has 1 aromatic carbocycles. The average molecular weight is 396 g/mol. The first-order valence-electron chi connectivity index (χ1n) is 8.98. The smallest absolute Gasteiger partial charge is 0.414 e. The fourth-order valence-electron chi connectivity index (χ4n) is 2.77. The molecule has 29 heavy (non-hydrogen) atoms. The van der Waals surface area contributed by atoms with Gasteiger partial charge in [0.15, 0.2) is 5.75 Å². The van der Waals surface area contributed by atoms with Gasteiger partial charge in [-0.05, 0) is 18.1 Å². The van der Waals surface area contributed by atoms with E-state index in [1.54, 1.807) is 12.3 Å². The van der Waals surface area contributed by atoms with Gasteiger partial charge in [0.1, 0.15) is 0 Å². The molecule has 0 radical (unpaired) electrons. The number of pyridine rings is 2. The van der Waals surface area contributed by atoms with E-state index >= 15 is 0 Å². The van der Waals surface area contributed by atoms with Crippen LogP contribution in [0.4, 0.5) is 4.79 Å². The van der Waals surface area contributed by atoms with E-state index in [1.165, 1.54) is 10.8 Å². The predicted octanol–water partition coefficient (Wildman–Crippen LogP) is 1.37. The van der Waals surface area contributed by atoms with Gasteiger partial charge in [-0.2, -0.15) is 0 Å². The van der Waals surface area contributed by atoms with Gasteiger partial charge in [0.05, 0.1) is 11.9 Å². The van der Waals surface area contributed by atoms with Crippen LogP contribution in [0.3, 0.4) is 0 Å². The summed E-state index contributed by atoms with van der Waals surface area (Å²) in [7, 11) is 0. The summed E-state index contributed by atoms with van der Waals surface area (Å²) in [5, 5.41) is 15.8. The number of aromatic nitrogens is 2. The average Bonchev–Trinajstić information content (AvgIpc) is 2.73. The molecule has 0 fully saturated rings. The van der Waals surface area contributed by atoms with Gasteiger partial charge in [-0.25, -0.2) is 9.78 Å². The molecule has 0 saturated heterocycles. The number of ether oxygens (including phenoxy) is 1. The number of nitrogens with one attached hydrogen (secondary N) is 2. The second kappa shape index (κ2) is 9.36. The zero-order valence-corrected chi connectivity index (χ0v) is 15.5. The maximum Gasteiger partial charge on any atom is 0.414 e. The van der Waals surface area contributed by atoms with E-state index in [1.807, 2.05) is 30.3 Å². The minimum Gasteiger partial charge on any atom is -0.503 e. The normalized spacial score (nSPS) is 10.5. The minimum atomic E-state index is -0.796. The topological polar surface area (TPSA) is 123 Å². The first-order valence-corrected chi connectivity index (χ1v) is 8.98. The first-order chi connectivity index (χ1) is 14.1. The second-order valence-electron chi connectivity index (χ2n) is 6.22. The molecule has 3 aromatic rings. The lowest BCUT2D eigenvalue weighted by Gasteiger charge is -2.11. The second-order valence-corrected chi connectivity index (χ2v) is 6.22. The number of nitrogens with zero attached hydrogens (tertiary/aromatic N) is 2. The molecule has 0 bridgehead atoms. The lowest BCUT2D eigenvalue weighted by Crippen LogP contribution is -2.30. The van der Waals surface area contributed by atoms with Crippen LogP contribution in [0.25, 0.3) is 10.8 Å². The van der Waals surface area contributed by atoms with Crippen molar-refractivity contribution >= 4 is 23.3 Å². The molecule has 3 N–H and O–H groups in total. The Balaban J connectivity index is 1.74. The van der Waals surface area contributed by atoms with E-state index in [0.717, 1.165) is 5.56 Å². The zero-order valence-electron chi connectivity index (χ0n) is 15.5. The van der Waals surface area contributed by atoms with E-state index in [2.05, 4.69) is 15.6 Å². The van der Waals surface area contributed by atoms with Crippen molar-refractivity contribution in [3.8, 4) is 11.6 Å². The van der Waals surface area contributed by atoms with Crippen LogP contribution >= 0.6 is 0 Å². The summed E-state index contributed by atoms with van der Waals surface area (Å²) in [6, 6.07) is 11.1. The number of fused-ring (bicyclic) bond motifs is 1. The number of carbonyl (C=O) groups excluding carboxylic acids is 2. The van der Waals surface area contributed by atoms with Gasteiger partial charge in [0.2, 0.25) is 6.41 Å². The summed E-state index contributed by atoms with van der Waals surface area (Å²) in [6.45, 7) is 1.08. The third kappa shape index (κ3) is 4.89. The highest BCUT2D eigenvalue weighted by Crippen LogP contribution is 2.30. The Kier molecular flexibility index (Phi) is 6.41. The van der Waals surface area contributed by atoms with Crippen LogP contribution < -0.4 is 20.9 Å². The number of amides is 2. The van der Waals surface area contributed by atoms with Gasteiger partial charge >= 0.3 is 6.09 Å². The molecule has 2 heterocycles. The fourth-order valence-corrected chi connectivity index (χ4v) is 2.77. The highest BCUT2D eigenvalue weighted by Gasteiger charge is 2.15. The predicted molar refractivity (Wildman–Crippen MR) is 106 cm³/mol. The van der Waals surface area contributed by atoms with Gasteiger partial charge in [0.25, 0.3) is 11.4 Å². The van der Waals surface area contributed by atoms with Crippen LogP contribution in [0.2, 0.25) is 0 Å². The maximum absolute atomic E-state index is 12.7. The van der Waals surface area contributed by atoms with E-state index < -0.39 is 6.09 Å². The van der Waals surface area contributed by atoms with Gasteiger partial charge in [0, 0.05) is 30.9 Å². The fraction of sp³-hybridized carbons (Fsp3) is 0.200. The van der Waals surface area contributed by atoms with Crippen LogP contribution in [0.1, 0.15) is 12.0 Å². The minimum absolute atomic E-state index is 0.216. The summed E-state index contributed by atoms with van der Waals surface area (Å²) in [4.78, 5) is 38.6. The Morgan fingerprint density at radius 2 is 1.97 bits per heavy atom. The van der Waals surface area contributed by atoms with E-state index in [-0.39, 0.29) is 34.5 Å². The zero-order chi connectivity index (χ0) is 20.6. The SMILES string of the molecule is O=CNCCCNC(=O)Oc1ncc2c(=O)n(Cc3ccccc3)ccc2c1O. The van der Waals surface area contributed by atoms with Gasteiger partial charge < -0.3 is 25.0 Å². The number of aromatic hydroxyl groups is 1. The number of hydrogen-bond donors (Lipinski definition) is 3. The van der Waals surface area contributed by atoms with E-state index in [9.17, 15) is 19.5 Å². The molecule has 3 rings (SSSR count). The first kappa shape index (κ1) is 19.9.